The molecule has 0 bridgehead atoms. The molecular formula is C9H12N2O4. The molecule has 0 atom stereocenters. The predicted octanol–water partition coefficient (Wildman–Crippen LogP) is 0.949. The summed E-state index contributed by atoms with van der Waals surface area (Å²) in [5.41, 5.74) is -0.171. The van der Waals surface area contributed by atoms with Crippen LogP contribution in [-0.4, -0.2) is 33.9 Å². The van der Waals surface area contributed by atoms with Gasteiger partial charge in [-0.1, -0.05) is 0 Å². The quantitative estimate of drug-likeness (QED) is 0.754. The minimum Gasteiger partial charge on any atom is -0.476 e. The van der Waals surface area contributed by atoms with E-state index in [2.05, 4.69) is 9.84 Å². The van der Waals surface area contributed by atoms with Gasteiger partial charge in [0.1, 0.15) is 5.56 Å². The first-order valence-corrected chi connectivity index (χ1v) is 4.38. The van der Waals surface area contributed by atoms with Gasteiger partial charge in [0, 0.05) is 6.04 Å². The molecule has 0 fully saturated rings. The third kappa shape index (κ3) is 1.98. The van der Waals surface area contributed by atoms with Gasteiger partial charge < -0.3 is 9.84 Å². The van der Waals surface area contributed by atoms with Gasteiger partial charge in [0.25, 0.3) is 0 Å². The fraction of sp³-hybridized carbons (Fsp3) is 0.444. The summed E-state index contributed by atoms with van der Waals surface area (Å²) in [6.07, 6.45) is 1.20. The van der Waals surface area contributed by atoms with Crippen molar-refractivity contribution < 1.29 is 19.4 Å². The van der Waals surface area contributed by atoms with E-state index in [4.69, 9.17) is 5.11 Å². The van der Waals surface area contributed by atoms with Gasteiger partial charge in [-0.2, -0.15) is 5.10 Å². The van der Waals surface area contributed by atoms with Crippen LogP contribution in [0.1, 0.15) is 40.7 Å². The van der Waals surface area contributed by atoms with Gasteiger partial charge in [-0.3, -0.25) is 4.68 Å². The Morgan fingerprint density at radius 1 is 1.53 bits per heavy atom. The topological polar surface area (TPSA) is 81.4 Å². The number of carboxylic acid groups (broad SMARTS) is 1. The molecule has 6 nitrogen and oxygen atoms in total. The lowest BCUT2D eigenvalue weighted by molar-refractivity contribution is 0.0579. The van der Waals surface area contributed by atoms with Gasteiger partial charge in [-0.05, 0) is 13.8 Å². The van der Waals surface area contributed by atoms with Crippen molar-refractivity contribution >= 4 is 11.9 Å². The molecule has 0 aliphatic heterocycles. The Hall–Kier alpha value is -1.85. The van der Waals surface area contributed by atoms with Gasteiger partial charge in [0.05, 0.1) is 13.3 Å². The number of carboxylic acids is 1. The van der Waals surface area contributed by atoms with Crippen molar-refractivity contribution in [2.24, 2.45) is 0 Å². The highest BCUT2D eigenvalue weighted by Crippen LogP contribution is 2.14. The maximum atomic E-state index is 11.2. The Morgan fingerprint density at radius 3 is 2.53 bits per heavy atom. The van der Waals surface area contributed by atoms with Crippen molar-refractivity contribution in [3.63, 3.8) is 0 Å². The molecule has 1 heterocycles. The first-order chi connectivity index (χ1) is 6.99. The van der Waals surface area contributed by atoms with Crippen molar-refractivity contribution in [3.8, 4) is 0 Å². The van der Waals surface area contributed by atoms with Crippen LogP contribution in [0.4, 0.5) is 0 Å². The van der Waals surface area contributed by atoms with Crippen LogP contribution in [-0.2, 0) is 4.74 Å². The highest BCUT2D eigenvalue weighted by molar-refractivity contribution is 6.01. The highest BCUT2D eigenvalue weighted by Gasteiger charge is 2.24. The second-order valence-corrected chi connectivity index (χ2v) is 3.24. The van der Waals surface area contributed by atoms with E-state index in [0.717, 1.165) is 0 Å². The van der Waals surface area contributed by atoms with Crippen molar-refractivity contribution in [3.05, 3.63) is 17.5 Å². The number of nitrogens with zero attached hydrogens (tertiary/aromatic N) is 2. The van der Waals surface area contributed by atoms with Gasteiger partial charge >= 0.3 is 11.9 Å². The van der Waals surface area contributed by atoms with Crippen LogP contribution in [0.2, 0.25) is 0 Å². The maximum Gasteiger partial charge on any atom is 0.355 e. The van der Waals surface area contributed by atoms with Gasteiger partial charge in [0.15, 0.2) is 5.69 Å². The predicted molar refractivity (Wildman–Crippen MR) is 50.9 cm³/mol. The third-order valence-corrected chi connectivity index (χ3v) is 1.89. The number of hydrogen-bond donors (Lipinski definition) is 1. The van der Waals surface area contributed by atoms with Gasteiger partial charge in [-0.15, -0.1) is 0 Å². The minimum atomic E-state index is -1.19. The first-order valence-electron chi connectivity index (χ1n) is 4.38. The van der Waals surface area contributed by atoms with Crippen LogP contribution in [0.5, 0.6) is 0 Å². The summed E-state index contributed by atoms with van der Waals surface area (Å²) in [6.45, 7) is 3.56. The van der Waals surface area contributed by atoms with E-state index in [1.54, 1.807) is 13.8 Å². The zero-order chi connectivity index (χ0) is 11.6. The van der Waals surface area contributed by atoms with Crippen LogP contribution < -0.4 is 0 Å². The maximum absolute atomic E-state index is 11.2. The molecule has 6 heteroatoms. The Morgan fingerprint density at radius 2 is 2.13 bits per heavy atom. The molecule has 0 amide bonds. The summed E-state index contributed by atoms with van der Waals surface area (Å²) in [4.78, 5) is 22.2. The van der Waals surface area contributed by atoms with Crippen molar-refractivity contribution in [2.45, 2.75) is 19.9 Å². The molecule has 15 heavy (non-hydrogen) atoms. The van der Waals surface area contributed by atoms with E-state index in [0.29, 0.717) is 0 Å². The SMILES string of the molecule is COC(=O)c1cnn(C(C)C)c1C(=O)O. The molecule has 0 unspecified atom stereocenters. The fourth-order valence-corrected chi connectivity index (χ4v) is 1.23. The van der Waals surface area contributed by atoms with E-state index in [1.807, 2.05) is 0 Å². The molecule has 1 rings (SSSR count). The number of carbonyl (C=O) groups excluding carboxylic acids is 1. The molecule has 1 aromatic rings. The lowest BCUT2D eigenvalue weighted by Gasteiger charge is -2.08. The van der Waals surface area contributed by atoms with E-state index in [1.165, 1.54) is 18.0 Å². The zero-order valence-corrected chi connectivity index (χ0v) is 8.72. The second-order valence-electron chi connectivity index (χ2n) is 3.24. The van der Waals surface area contributed by atoms with Crippen LogP contribution in [0.15, 0.2) is 6.20 Å². The first kappa shape index (κ1) is 11.2. The van der Waals surface area contributed by atoms with Crippen LogP contribution >= 0.6 is 0 Å². The Bertz CT molecular complexity index is 395. The molecule has 0 saturated heterocycles. The van der Waals surface area contributed by atoms with Crippen molar-refractivity contribution in [1.29, 1.82) is 0 Å². The average molecular weight is 212 g/mol. The minimum absolute atomic E-state index is 0.0290. The van der Waals surface area contributed by atoms with E-state index in [-0.39, 0.29) is 17.3 Å². The summed E-state index contributed by atoms with van der Waals surface area (Å²) in [5.74, 6) is -1.89. The molecule has 0 saturated carbocycles. The normalized spacial score (nSPS) is 10.4. The summed E-state index contributed by atoms with van der Waals surface area (Å²) in [5, 5.41) is 12.8. The van der Waals surface area contributed by atoms with Gasteiger partial charge in [0.2, 0.25) is 0 Å². The molecule has 0 spiro atoms. The number of hydrogen-bond acceptors (Lipinski definition) is 4. The highest BCUT2D eigenvalue weighted by atomic mass is 16.5. The number of methoxy groups -OCH3 is 1. The molecular weight excluding hydrogens is 200 g/mol. The molecule has 0 radical (unpaired) electrons. The molecule has 0 aliphatic rings. The van der Waals surface area contributed by atoms with Gasteiger partial charge in [-0.25, -0.2) is 9.59 Å². The number of carbonyl (C=O) groups is 2. The molecule has 0 aromatic carbocycles. The smallest absolute Gasteiger partial charge is 0.355 e. The van der Waals surface area contributed by atoms with E-state index < -0.39 is 11.9 Å². The van der Waals surface area contributed by atoms with Crippen LogP contribution in [0.25, 0.3) is 0 Å². The lowest BCUT2D eigenvalue weighted by Crippen LogP contribution is -2.15. The number of aromatic carboxylic acids is 1. The van der Waals surface area contributed by atoms with E-state index in [9.17, 15) is 9.59 Å². The summed E-state index contributed by atoms with van der Waals surface area (Å²) in [7, 11) is 1.20. The Kier molecular flexibility index (Phi) is 3.08. The van der Waals surface area contributed by atoms with Crippen molar-refractivity contribution in [1.82, 2.24) is 9.78 Å². The molecule has 0 aliphatic carbocycles. The lowest BCUT2D eigenvalue weighted by atomic mass is 10.2. The number of rotatable bonds is 3. The van der Waals surface area contributed by atoms with Crippen LogP contribution in [0.3, 0.4) is 0 Å². The largest absolute Gasteiger partial charge is 0.476 e. The third-order valence-electron chi connectivity index (χ3n) is 1.89. The average Bonchev–Trinajstić information content (AvgIpc) is 2.60. The second kappa shape index (κ2) is 4.12. The summed E-state index contributed by atoms with van der Waals surface area (Å²) >= 11 is 0. The zero-order valence-electron chi connectivity index (χ0n) is 8.72. The van der Waals surface area contributed by atoms with Crippen LogP contribution in [0, 0.1) is 0 Å². The number of aromatic nitrogens is 2. The van der Waals surface area contributed by atoms with Crippen molar-refractivity contribution in [2.75, 3.05) is 7.11 Å². The summed E-state index contributed by atoms with van der Waals surface area (Å²) in [6, 6.07) is -0.130. The Balaban J connectivity index is 3.30. The number of esters is 1. The fourth-order valence-electron chi connectivity index (χ4n) is 1.23. The number of ether oxygens (including phenoxy) is 1. The standard InChI is InChI=1S/C9H12N2O4/c1-5(2)11-7(8(12)13)6(4-10-11)9(14)15-3/h4-5H,1-3H3,(H,12,13). The summed E-state index contributed by atoms with van der Waals surface area (Å²) < 4.78 is 5.74. The Labute approximate surface area is 86.5 Å². The monoisotopic (exact) mass is 212 g/mol. The molecule has 82 valence electrons. The molecule has 1 N–H and O–H groups in total. The van der Waals surface area contributed by atoms with E-state index >= 15 is 0 Å². The molecule has 1 aromatic heterocycles.